The predicted octanol–water partition coefficient (Wildman–Crippen LogP) is -1.24. The van der Waals surface area contributed by atoms with E-state index in [1.54, 1.807) is 0 Å². The fourth-order valence-corrected chi connectivity index (χ4v) is 0.776. The molecule has 2 N–H and O–H groups in total. The zero-order valence-electron chi connectivity index (χ0n) is 5.69. The molecule has 0 saturated carbocycles. The lowest BCUT2D eigenvalue weighted by atomic mass is 10.3. The zero-order chi connectivity index (χ0) is 7.40. The topological polar surface area (TPSA) is 58.9 Å². The lowest BCUT2D eigenvalue weighted by molar-refractivity contribution is -0.0936. The van der Waals surface area contributed by atoms with Gasteiger partial charge in [-0.15, -0.1) is 0 Å². The maximum absolute atomic E-state index is 8.97. The van der Waals surface area contributed by atoms with Gasteiger partial charge in [0.1, 0.15) is 12.2 Å². The number of rotatable bonds is 0. The first-order valence-electron chi connectivity index (χ1n) is 3.30. The summed E-state index contributed by atoms with van der Waals surface area (Å²) in [6, 6.07) is 0. The van der Waals surface area contributed by atoms with Crippen molar-refractivity contribution < 1.29 is 19.7 Å². The largest absolute Gasteiger partial charge is 0.388 e. The summed E-state index contributed by atoms with van der Waals surface area (Å²) in [5, 5.41) is 17.9. The summed E-state index contributed by atoms with van der Waals surface area (Å²) in [7, 11) is 0. The number of hydrogen-bond acceptors (Lipinski definition) is 4. The predicted molar refractivity (Wildman–Crippen MR) is 33.7 cm³/mol. The van der Waals surface area contributed by atoms with E-state index < -0.39 is 12.2 Å². The van der Waals surface area contributed by atoms with Gasteiger partial charge in [-0.2, -0.15) is 0 Å². The molecule has 0 aromatic heterocycles. The summed E-state index contributed by atoms with van der Waals surface area (Å²) in [4.78, 5) is 0. The van der Waals surface area contributed by atoms with Crippen LogP contribution in [0.15, 0.2) is 0 Å². The molecule has 1 fully saturated rings. The first-order valence-corrected chi connectivity index (χ1v) is 3.30. The van der Waals surface area contributed by atoms with Crippen molar-refractivity contribution in [3.63, 3.8) is 0 Å². The average molecular weight is 148 g/mol. The molecule has 0 bridgehead atoms. The Hall–Kier alpha value is -0.160. The quantitative estimate of drug-likeness (QED) is 0.451. The van der Waals surface area contributed by atoms with Crippen LogP contribution in [0.4, 0.5) is 0 Å². The highest BCUT2D eigenvalue weighted by Crippen LogP contribution is 1.96. The molecule has 1 aliphatic heterocycles. The van der Waals surface area contributed by atoms with E-state index in [1.165, 1.54) is 0 Å². The molecule has 0 amide bonds. The van der Waals surface area contributed by atoms with Crippen LogP contribution in [0.25, 0.3) is 0 Å². The second-order valence-corrected chi connectivity index (χ2v) is 2.38. The van der Waals surface area contributed by atoms with Gasteiger partial charge in [-0.25, -0.2) is 0 Å². The van der Waals surface area contributed by atoms with Crippen LogP contribution < -0.4 is 0 Å². The van der Waals surface area contributed by atoms with E-state index in [4.69, 9.17) is 19.7 Å². The minimum absolute atomic E-state index is 0.247. The third-order valence-corrected chi connectivity index (χ3v) is 1.24. The summed E-state index contributed by atoms with van der Waals surface area (Å²) in [6.45, 7) is 0.988. The maximum atomic E-state index is 8.97. The van der Waals surface area contributed by atoms with Gasteiger partial charge in [0.2, 0.25) is 0 Å². The molecule has 0 spiro atoms. The molecule has 60 valence electrons. The van der Waals surface area contributed by atoms with E-state index in [1.807, 2.05) is 0 Å². The molecule has 0 aromatic rings. The van der Waals surface area contributed by atoms with Gasteiger partial charge >= 0.3 is 0 Å². The summed E-state index contributed by atoms with van der Waals surface area (Å²) < 4.78 is 9.84. The molecule has 4 heteroatoms. The van der Waals surface area contributed by atoms with Crippen molar-refractivity contribution in [1.82, 2.24) is 0 Å². The van der Waals surface area contributed by atoms with Crippen LogP contribution in [0, 0.1) is 0 Å². The van der Waals surface area contributed by atoms with Gasteiger partial charge in [-0.1, -0.05) is 0 Å². The molecule has 1 saturated heterocycles. The first-order chi connectivity index (χ1) is 4.79. The summed E-state index contributed by atoms with van der Waals surface area (Å²) in [6.07, 6.45) is -1.10. The molecule has 0 unspecified atom stereocenters. The van der Waals surface area contributed by atoms with Crippen molar-refractivity contribution in [3.8, 4) is 0 Å². The standard InChI is InChI=1S/C6H12O4/c7-5-1-9-3-6(8)4-10-2-5/h5-8H,1-4H2/t5-,6-. The Kier molecular flexibility index (Phi) is 3.08. The Morgan fingerprint density at radius 1 is 0.800 bits per heavy atom. The molecule has 0 aliphatic carbocycles. The maximum Gasteiger partial charge on any atom is 0.101 e. The van der Waals surface area contributed by atoms with Crippen molar-refractivity contribution in [2.24, 2.45) is 0 Å². The van der Waals surface area contributed by atoms with Crippen LogP contribution in [0.1, 0.15) is 0 Å². The molecule has 0 atom stereocenters. The average Bonchev–Trinajstić information content (AvgIpc) is 1.84. The van der Waals surface area contributed by atoms with Gasteiger partial charge in [-0.05, 0) is 0 Å². The fourth-order valence-electron chi connectivity index (χ4n) is 0.776. The molecule has 1 aliphatic rings. The number of ether oxygens (including phenoxy) is 2. The van der Waals surface area contributed by atoms with Crippen LogP contribution in [0.3, 0.4) is 0 Å². The van der Waals surface area contributed by atoms with E-state index >= 15 is 0 Å². The summed E-state index contributed by atoms with van der Waals surface area (Å²) in [5.74, 6) is 0. The van der Waals surface area contributed by atoms with Gasteiger partial charge in [0, 0.05) is 0 Å². The number of hydrogen-bond donors (Lipinski definition) is 2. The lowest BCUT2D eigenvalue weighted by Gasteiger charge is -2.18. The van der Waals surface area contributed by atoms with Gasteiger partial charge < -0.3 is 19.7 Å². The van der Waals surface area contributed by atoms with E-state index in [2.05, 4.69) is 0 Å². The third kappa shape index (κ3) is 2.62. The Bertz CT molecular complexity index is 75.7. The third-order valence-electron chi connectivity index (χ3n) is 1.24. The summed E-state index contributed by atoms with van der Waals surface area (Å²) in [5.41, 5.74) is 0. The highest BCUT2D eigenvalue weighted by atomic mass is 16.5. The van der Waals surface area contributed by atoms with Crippen LogP contribution in [-0.4, -0.2) is 48.8 Å². The second kappa shape index (κ2) is 3.88. The van der Waals surface area contributed by atoms with E-state index in [9.17, 15) is 0 Å². The van der Waals surface area contributed by atoms with Crippen molar-refractivity contribution in [2.45, 2.75) is 12.2 Å². The molecular weight excluding hydrogens is 136 g/mol. The SMILES string of the molecule is O[C@H]1COC[C@H](O)COC1. The zero-order valence-corrected chi connectivity index (χ0v) is 5.69. The van der Waals surface area contributed by atoms with Crippen LogP contribution in [0.2, 0.25) is 0 Å². The highest BCUT2D eigenvalue weighted by molar-refractivity contribution is 4.59. The van der Waals surface area contributed by atoms with Crippen molar-refractivity contribution in [3.05, 3.63) is 0 Å². The molecule has 10 heavy (non-hydrogen) atoms. The van der Waals surface area contributed by atoms with Crippen LogP contribution in [0.5, 0.6) is 0 Å². The number of aliphatic hydroxyl groups excluding tert-OH is 2. The minimum atomic E-state index is -0.549. The Morgan fingerprint density at radius 3 is 1.40 bits per heavy atom. The normalized spacial score (nSPS) is 36.6. The van der Waals surface area contributed by atoms with E-state index in [0.717, 1.165) is 0 Å². The first kappa shape index (κ1) is 7.94. The Balaban J connectivity index is 2.21. The summed E-state index contributed by atoms with van der Waals surface area (Å²) >= 11 is 0. The van der Waals surface area contributed by atoms with Gasteiger partial charge in [0.25, 0.3) is 0 Å². The van der Waals surface area contributed by atoms with E-state index in [0.29, 0.717) is 0 Å². The molecule has 4 nitrogen and oxygen atoms in total. The smallest absolute Gasteiger partial charge is 0.101 e. The molecule has 0 radical (unpaired) electrons. The molecule has 1 rings (SSSR count). The lowest BCUT2D eigenvalue weighted by Crippen LogP contribution is -2.32. The Labute approximate surface area is 59.4 Å². The minimum Gasteiger partial charge on any atom is -0.388 e. The second-order valence-electron chi connectivity index (χ2n) is 2.38. The van der Waals surface area contributed by atoms with Gasteiger partial charge in [-0.3, -0.25) is 0 Å². The van der Waals surface area contributed by atoms with Gasteiger partial charge in [0.05, 0.1) is 26.4 Å². The van der Waals surface area contributed by atoms with Crippen molar-refractivity contribution >= 4 is 0 Å². The highest BCUT2D eigenvalue weighted by Gasteiger charge is 2.12. The van der Waals surface area contributed by atoms with Crippen molar-refractivity contribution in [1.29, 1.82) is 0 Å². The molecule has 0 aromatic carbocycles. The van der Waals surface area contributed by atoms with Crippen molar-refractivity contribution in [2.75, 3.05) is 26.4 Å². The van der Waals surface area contributed by atoms with Crippen LogP contribution >= 0.6 is 0 Å². The van der Waals surface area contributed by atoms with E-state index in [-0.39, 0.29) is 26.4 Å². The fraction of sp³-hybridized carbons (Fsp3) is 1.00. The monoisotopic (exact) mass is 148 g/mol. The Morgan fingerprint density at radius 2 is 1.10 bits per heavy atom. The van der Waals surface area contributed by atoms with Crippen LogP contribution in [-0.2, 0) is 9.47 Å². The molecular formula is C6H12O4. The molecule has 1 heterocycles. The van der Waals surface area contributed by atoms with Gasteiger partial charge in [0.15, 0.2) is 0 Å². The number of aliphatic hydroxyl groups is 2.